The summed E-state index contributed by atoms with van der Waals surface area (Å²) in [7, 11) is 0. The molecule has 0 atom stereocenters. The normalized spacial score (nSPS) is 14.1. The number of aromatic nitrogens is 1. The van der Waals surface area contributed by atoms with Crippen LogP contribution in [0.2, 0.25) is 0 Å². The van der Waals surface area contributed by atoms with Crippen LogP contribution in [0.25, 0.3) is 11.3 Å². The first-order chi connectivity index (χ1) is 13.6. The zero-order valence-corrected chi connectivity index (χ0v) is 15.7. The van der Waals surface area contributed by atoms with E-state index in [9.17, 15) is 14.4 Å². The van der Waals surface area contributed by atoms with Crippen LogP contribution in [0.5, 0.6) is 0 Å². The van der Waals surface area contributed by atoms with Crippen molar-refractivity contribution in [3.05, 3.63) is 52.3 Å². The van der Waals surface area contributed by atoms with E-state index in [0.29, 0.717) is 27.9 Å². The molecule has 3 aromatic rings. The number of ketones is 1. The van der Waals surface area contributed by atoms with Gasteiger partial charge in [0.25, 0.3) is 0 Å². The Morgan fingerprint density at radius 2 is 2.04 bits per heavy atom. The fourth-order valence-corrected chi connectivity index (χ4v) is 4.42. The Balaban J connectivity index is 1.62. The summed E-state index contributed by atoms with van der Waals surface area (Å²) in [5, 5.41) is 17.3. The number of hydrogen-bond donors (Lipinski definition) is 2. The number of nitrogens with zero attached hydrogens (tertiary/aromatic N) is 2. The van der Waals surface area contributed by atoms with Crippen molar-refractivity contribution in [3.63, 3.8) is 0 Å². The maximum atomic E-state index is 13.1. The molecule has 8 heteroatoms. The van der Waals surface area contributed by atoms with Gasteiger partial charge in [-0.05, 0) is 37.1 Å². The van der Waals surface area contributed by atoms with Crippen molar-refractivity contribution in [2.45, 2.75) is 31.7 Å². The second-order valence-corrected chi connectivity index (χ2v) is 7.72. The third kappa shape index (κ3) is 3.37. The number of thiophene rings is 1. The molecule has 1 aliphatic rings. The van der Waals surface area contributed by atoms with Gasteiger partial charge in [0.05, 0.1) is 5.69 Å². The lowest BCUT2D eigenvalue weighted by molar-refractivity contribution is 0.100. The number of anilines is 2. The second-order valence-electron chi connectivity index (χ2n) is 6.70. The Morgan fingerprint density at radius 1 is 1.32 bits per heavy atom. The van der Waals surface area contributed by atoms with Crippen LogP contribution >= 0.6 is 11.3 Å². The van der Waals surface area contributed by atoms with E-state index in [4.69, 9.17) is 10.3 Å². The quantitative estimate of drug-likeness (QED) is 0.612. The smallest absolute Gasteiger partial charge is 0.243 e. The summed E-state index contributed by atoms with van der Waals surface area (Å²) < 4.78 is 18.3. The molecule has 0 radical (unpaired) electrons. The van der Waals surface area contributed by atoms with E-state index in [2.05, 4.69) is 16.5 Å². The van der Waals surface area contributed by atoms with E-state index in [0.717, 1.165) is 37.0 Å². The van der Waals surface area contributed by atoms with Crippen LogP contribution in [0.15, 0.2) is 34.9 Å². The third-order valence-electron chi connectivity index (χ3n) is 4.83. The maximum absolute atomic E-state index is 13.1. The first-order valence-electron chi connectivity index (χ1n) is 8.93. The number of halogens is 1. The van der Waals surface area contributed by atoms with E-state index in [1.165, 1.54) is 18.2 Å². The van der Waals surface area contributed by atoms with Crippen molar-refractivity contribution in [3.8, 4) is 17.3 Å². The average molecular weight is 396 g/mol. The number of nitrogens with one attached hydrogen (secondary N) is 1. The highest BCUT2D eigenvalue weighted by molar-refractivity contribution is 7.19. The van der Waals surface area contributed by atoms with Gasteiger partial charge in [-0.1, -0.05) is 18.0 Å². The summed E-state index contributed by atoms with van der Waals surface area (Å²) in [6.07, 6.45) is 4.37. The van der Waals surface area contributed by atoms with Gasteiger partial charge in [-0.2, -0.15) is 5.26 Å². The lowest BCUT2D eigenvalue weighted by Crippen LogP contribution is -2.14. The largest absolute Gasteiger partial charge is 0.396 e. The van der Waals surface area contributed by atoms with E-state index in [1.54, 1.807) is 12.1 Å². The number of hydrogen-bond acceptors (Lipinski definition) is 7. The predicted molar refractivity (Wildman–Crippen MR) is 105 cm³/mol. The van der Waals surface area contributed by atoms with Crippen molar-refractivity contribution in [1.29, 1.82) is 5.26 Å². The number of rotatable bonds is 5. The molecule has 0 amide bonds. The molecule has 0 aliphatic heterocycles. The molecular weight excluding hydrogens is 379 g/mol. The molecule has 2 aromatic heterocycles. The molecule has 1 fully saturated rings. The lowest BCUT2D eigenvalue weighted by Gasteiger charge is -2.11. The molecule has 0 spiro atoms. The van der Waals surface area contributed by atoms with Crippen LogP contribution in [0.4, 0.5) is 15.1 Å². The molecule has 0 saturated heterocycles. The zero-order valence-electron chi connectivity index (χ0n) is 14.9. The van der Waals surface area contributed by atoms with Gasteiger partial charge in [0.2, 0.25) is 11.5 Å². The standard InChI is InChI=1S/C20H17FN4O2S/c21-12-7-5-11(6-8-12)15-9-16(27-25-15)18(26)19-17(23)14(10-22)20(28-19)24-13-3-1-2-4-13/h5-9,13,24H,1-4,23H2. The fourth-order valence-electron chi connectivity index (χ4n) is 3.33. The molecule has 3 N–H and O–H groups in total. The van der Waals surface area contributed by atoms with Crippen molar-refractivity contribution >= 4 is 27.8 Å². The van der Waals surface area contributed by atoms with Crippen molar-refractivity contribution in [2.24, 2.45) is 0 Å². The van der Waals surface area contributed by atoms with Crippen LogP contribution in [0, 0.1) is 17.1 Å². The first-order valence-corrected chi connectivity index (χ1v) is 9.74. The number of carbonyl (C=O) groups is 1. The summed E-state index contributed by atoms with van der Waals surface area (Å²) in [6.45, 7) is 0. The maximum Gasteiger partial charge on any atom is 0.243 e. The third-order valence-corrected chi connectivity index (χ3v) is 5.96. The summed E-state index contributed by atoms with van der Waals surface area (Å²) in [6, 6.07) is 9.60. The number of nitrogens with two attached hydrogens (primary N) is 1. The number of nitriles is 1. The minimum absolute atomic E-state index is 0.0178. The molecule has 142 valence electrons. The van der Waals surface area contributed by atoms with Crippen LogP contribution in [0.3, 0.4) is 0 Å². The minimum atomic E-state index is -0.431. The molecule has 6 nitrogen and oxygen atoms in total. The number of nitrogen functional groups attached to an aromatic ring is 1. The van der Waals surface area contributed by atoms with Crippen LogP contribution in [-0.4, -0.2) is 17.0 Å². The Kier molecular flexibility index (Phi) is 4.84. The lowest BCUT2D eigenvalue weighted by atomic mass is 10.1. The molecule has 28 heavy (non-hydrogen) atoms. The highest BCUT2D eigenvalue weighted by Gasteiger charge is 2.26. The van der Waals surface area contributed by atoms with Gasteiger partial charge in [0.1, 0.15) is 33.0 Å². The Hall–Kier alpha value is -3.18. The topological polar surface area (TPSA) is 105 Å². The van der Waals surface area contributed by atoms with Gasteiger partial charge in [0, 0.05) is 17.7 Å². The predicted octanol–water partition coefficient (Wildman–Crippen LogP) is 4.58. The molecule has 2 heterocycles. The van der Waals surface area contributed by atoms with Crippen molar-refractivity contribution in [1.82, 2.24) is 5.16 Å². The van der Waals surface area contributed by atoms with Crippen LogP contribution in [-0.2, 0) is 0 Å². The first kappa shape index (κ1) is 18.2. The summed E-state index contributed by atoms with van der Waals surface area (Å²) in [5.41, 5.74) is 7.58. The number of benzene rings is 1. The molecule has 1 aromatic carbocycles. The summed E-state index contributed by atoms with van der Waals surface area (Å²) in [4.78, 5) is 13.1. The highest BCUT2D eigenvalue weighted by atomic mass is 32.1. The monoisotopic (exact) mass is 396 g/mol. The van der Waals surface area contributed by atoms with Gasteiger partial charge < -0.3 is 15.6 Å². The van der Waals surface area contributed by atoms with Crippen LogP contribution in [0.1, 0.15) is 46.7 Å². The zero-order chi connectivity index (χ0) is 19.7. The molecular formula is C20H17FN4O2S. The molecule has 4 rings (SSSR count). The van der Waals surface area contributed by atoms with Crippen LogP contribution < -0.4 is 11.1 Å². The van der Waals surface area contributed by atoms with E-state index >= 15 is 0 Å². The molecule has 1 saturated carbocycles. The SMILES string of the molecule is N#Cc1c(NC2CCCC2)sc(C(=O)c2cc(-c3ccc(F)cc3)no2)c1N. The highest BCUT2D eigenvalue weighted by Crippen LogP contribution is 2.38. The Labute approximate surface area is 164 Å². The second kappa shape index (κ2) is 7.44. The van der Waals surface area contributed by atoms with Gasteiger partial charge in [-0.15, -0.1) is 11.3 Å². The van der Waals surface area contributed by atoms with Crippen molar-refractivity contribution < 1.29 is 13.7 Å². The molecule has 0 bridgehead atoms. The van der Waals surface area contributed by atoms with Gasteiger partial charge in [-0.3, -0.25) is 4.79 Å². The number of carbonyl (C=O) groups excluding carboxylic acids is 1. The average Bonchev–Trinajstić information content (AvgIpc) is 3.43. The van der Waals surface area contributed by atoms with E-state index in [-0.39, 0.29) is 22.1 Å². The molecule has 0 unspecified atom stereocenters. The Bertz CT molecular complexity index is 1060. The van der Waals surface area contributed by atoms with E-state index < -0.39 is 5.78 Å². The van der Waals surface area contributed by atoms with Crippen molar-refractivity contribution in [2.75, 3.05) is 11.1 Å². The minimum Gasteiger partial charge on any atom is -0.396 e. The summed E-state index contributed by atoms with van der Waals surface area (Å²) in [5.74, 6) is -0.773. The van der Waals surface area contributed by atoms with Gasteiger partial charge in [0.15, 0.2) is 0 Å². The van der Waals surface area contributed by atoms with E-state index in [1.807, 2.05) is 0 Å². The molecule has 1 aliphatic carbocycles. The summed E-state index contributed by atoms with van der Waals surface area (Å²) >= 11 is 1.16. The van der Waals surface area contributed by atoms with Gasteiger partial charge in [-0.25, -0.2) is 4.39 Å². The van der Waals surface area contributed by atoms with Gasteiger partial charge >= 0.3 is 0 Å². The Morgan fingerprint density at radius 3 is 2.71 bits per heavy atom. The fraction of sp³-hybridized carbons (Fsp3) is 0.250.